The molecule has 0 radical (unpaired) electrons. The minimum Gasteiger partial charge on any atom is -0.405 e. The number of hydrogen-bond donors (Lipinski definition) is 1. The van der Waals surface area contributed by atoms with Crippen molar-refractivity contribution in [1.29, 1.82) is 0 Å². The molecule has 5 rings (SSSR count). The summed E-state index contributed by atoms with van der Waals surface area (Å²) in [6.45, 7) is 10.8. The fraction of sp³-hybridized carbons (Fsp3) is 0.556. The summed E-state index contributed by atoms with van der Waals surface area (Å²) in [4.78, 5) is 0. The van der Waals surface area contributed by atoms with Crippen LogP contribution in [-0.4, -0.2) is 49.9 Å². The highest BCUT2D eigenvalue weighted by atomic mass is 28.4. The summed E-state index contributed by atoms with van der Waals surface area (Å²) in [6.07, 6.45) is 0.384. The van der Waals surface area contributed by atoms with Crippen molar-refractivity contribution in [2.24, 2.45) is 5.92 Å². The fourth-order valence-corrected chi connectivity index (χ4v) is 10.3. The lowest BCUT2D eigenvalue weighted by Gasteiger charge is -2.44. The summed E-state index contributed by atoms with van der Waals surface area (Å²) >= 11 is 0. The molecule has 2 aromatic rings. The van der Waals surface area contributed by atoms with Crippen molar-refractivity contribution in [3.63, 3.8) is 0 Å². The Morgan fingerprint density at radius 1 is 0.939 bits per heavy atom. The van der Waals surface area contributed by atoms with Crippen LogP contribution >= 0.6 is 0 Å². The van der Waals surface area contributed by atoms with E-state index in [1.54, 1.807) is 0 Å². The van der Waals surface area contributed by atoms with Crippen molar-refractivity contribution in [3.8, 4) is 0 Å². The molecule has 2 aromatic carbocycles. The van der Waals surface area contributed by atoms with Gasteiger partial charge in [-0.05, 0) is 48.0 Å². The third kappa shape index (κ3) is 3.81. The van der Waals surface area contributed by atoms with Crippen LogP contribution in [-0.2, 0) is 18.6 Å². The molecule has 3 aliphatic rings. The SMILES string of the molecule is CC1(C)O[C@H]2O[C@H](CO[Si](c3ccccc3)(c3ccccc3)C(C)(C)C)[C@](O)(C3CC3)[C@H]2O1. The van der Waals surface area contributed by atoms with Crippen LogP contribution in [0.5, 0.6) is 0 Å². The summed E-state index contributed by atoms with van der Waals surface area (Å²) in [7, 11) is -2.73. The Morgan fingerprint density at radius 3 is 1.97 bits per heavy atom. The van der Waals surface area contributed by atoms with E-state index in [-0.39, 0.29) is 11.0 Å². The van der Waals surface area contributed by atoms with Gasteiger partial charge in [0.25, 0.3) is 8.32 Å². The molecular weight excluding hydrogens is 432 g/mol. The van der Waals surface area contributed by atoms with E-state index in [2.05, 4.69) is 69.3 Å². The average molecular weight is 469 g/mol. The molecule has 0 bridgehead atoms. The minimum absolute atomic E-state index is 0.142. The van der Waals surface area contributed by atoms with Crippen molar-refractivity contribution in [2.75, 3.05) is 6.61 Å². The molecule has 178 valence electrons. The monoisotopic (exact) mass is 468 g/mol. The van der Waals surface area contributed by atoms with Gasteiger partial charge in [-0.25, -0.2) is 0 Å². The number of aliphatic hydroxyl groups is 1. The molecule has 1 N–H and O–H groups in total. The van der Waals surface area contributed by atoms with Gasteiger partial charge in [-0.1, -0.05) is 81.4 Å². The lowest BCUT2D eigenvalue weighted by molar-refractivity contribution is -0.235. The number of benzene rings is 2. The van der Waals surface area contributed by atoms with Gasteiger partial charge >= 0.3 is 0 Å². The first-order valence-corrected chi connectivity index (χ1v) is 14.0. The van der Waals surface area contributed by atoms with Crippen LogP contribution in [0, 0.1) is 5.92 Å². The first-order chi connectivity index (χ1) is 15.6. The number of fused-ring (bicyclic) bond motifs is 1. The van der Waals surface area contributed by atoms with Gasteiger partial charge in [-0.2, -0.15) is 0 Å². The molecule has 0 unspecified atom stereocenters. The van der Waals surface area contributed by atoms with Gasteiger partial charge in [0.2, 0.25) is 0 Å². The number of ether oxygens (including phenoxy) is 3. The van der Waals surface area contributed by atoms with Gasteiger partial charge in [0.05, 0.1) is 6.61 Å². The van der Waals surface area contributed by atoms with Gasteiger partial charge in [-0.15, -0.1) is 0 Å². The van der Waals surface area contributed by atoms with E-state index in [4.69, 9.17) is 18.6 Å². The Kier molecular flexibility index (Phi) is 5.63. The Hall–Kier alpha value is -1.54. The second-order valence-corrected chi connectivity index (χ2v) is 15.5. The molecule has 6 heteroatoms. The summed E-state index contributed by atoms with van der Waals surface area (Å²) in [6, 6.07) is 21.1. The highest BCUT2D eigenvalue weighted by Gasteiger charge is 2.68. The number of hydrogen-bond acceptors (Lipinski definition) is 5. The van der Waals surface area contributed by atoms with Crippen LogP contribution in [0.25, 0.3) is 0 Å². The van der Waals surface area contributed by atoms with E-state index in [0.717, 1.165) is 12.8 Å². The van der Waals surface area contributed by atoms with Gasteiger partial charge in [-0.3, -0.25) is 0 Å². The fourth-order valence-electron chi connectivity index (χ4n) is 5.77. The summed E-state index contributed by atoms with van der Waals surface area (Å²) < 4.78 is 25.5. The van der Waals surface area contributed by atoms with Gasteiger partial charge in [0.15, 0.2) is 12.1 Å². The van der Waals surface area contributed by atoms with Crippen LogP contribution in [0.4, 0.5) is 0 Å². The maximum Gasteiger partial charge on any atom is 0.261 e. The van der Waals surface area contributed by atoms with Crippen molar-refractivity contribution in [3.05, 3.63) is 60.7 Å². The van der Waals surface area contributed by atoms with E-state index in [9.17, 15) is 5.11 Å². The van der Waals surface area contributed by atoms with Gasteiger partial charge in [0.1, 0.15) is 17.8 Å². The van der Waals surface area contributed by atoms with Crippen molar-refractivity contribution < 1.29 is 23.7 Å². The molecule has 2 heterocycles. The van der Waals surface area contributed by atoms with Gasteiger partial charge in [0, 0.05) is 0 Å². The maximum absolute atomic E-state index is 11.9. The third-order valence-corrected chi connectivity index (χ3v) is 12.4. The molecule has 1 saturated carbocycles. The first-order valence-electron chi connectivity index (χ1n) is 12.1. The molecule has 2 saturated heterocycles. The Bertz CT molecular complexity index is 930. The minimum atomic E-state index is -2.73. The van der Waals surface area contributed by atoms with Gasteiger partial charge < -0.3 is 23.7 Å². The zero-order valence-electron chi connectivity index (χ0n) is 20.3. The summed E-state index contributed by atoms with van der Waals surface area (Å²) in [5, 5.41) is 14.2. The van der Waals surface area contributed by atoms with Crippen LogP contribution in [0.2, 0.25) is 5.04 Å². The zero-order valence-corrected chi connectivity index (χ0v) is 21.3. The molecule has 1 aliphatic carbocycles. The Labute approximate surface area is 198 Å². The van der Waals surface area contributed by atoms with E-state index in [1.807, 2.05) is 26.0 Å². The predicted octanol–water partition coefficient (Wildman–Crippen LogP) is 3.58. The highest BCUT2D eigenvalue weighted by Crippen LogP contribution is 2.53. The largest absolute Gasteiger partial charge is 0.405 e. The maximum atomic E-state index is 11.9. The standard InChI is InChI=1S/C27H36O5Si/c1-25(2,3)33(20-12-8-6-9-13-20,21-14-10-7-11-15-21)29-18-22-27(28,19-16-17-19)23-24(30-22)32-26(4,5)31-23/h6-15,19,22-24,28H,16-18H2,1-5H3/t22-,23+,24-,27-/m1/s1. The predicted molar refractivity (Wildman–Crippen MR) is 130 cm³/mol. The molecular formula is C27H36O5Si. The molecule has 3 fully saturated rings. The van der Waals surface area contributed by atoms with Crippen molar-refractivity contribution in [2.45, 2.75) is 82.4 Å². The normalized spacial score (nSPS) is 31.5. The van der Waals surface area contributed by atoms with Crippen LogP contribution in [0.3, 0.4) is 0 Å². The van der Waals surface area contributed by atoms with Crippen LogP contribution < -0.4 is 10.4 Å². The van der Waals surface area contributed by atoms with Crippen molar-refractivity contribution >= 4 is 18.7 Å². The number of rotatable bonds is 6. The molecule has 0 amide bonds. The second-order valence-electron chi connectivity index (χ2n) is 11.2. The second kappa shape index (κ2) is 8.01. The summed E-state index contributed by atoms with van der Waals surface area (Å²) in [5.74, 6) is -0.611. The topological polar surface area (TPSA) is 57.2 Å². The molecule has 2 aliphatic heterocycles. The quantitative estimate of drug-likeness (QED) is 0.657. The molecule has 4 atom stereocenters. The highest BCUT2D eigenvalue weighted by molar-refractivity contribution is 6.99. The van der Waals surface area contributed by atoms with E-state index >= 15 is 0 Å². The smallest absolute Gasteiger partial charge is 0.261 e. The van der Waals surface area contributed by atoms with E-state index < -0.39 is 38.2 Å². The summed E-state index contributed by atoms with van der Waals surface area (Å²) in [5.41, 5.74) is -1.11. The van der Waals surface area contributed by atoms with E-state index in [0.29, 0.717) is 6.61 Å². The Balaban J connectivity index is 1.51. The average Bonchev–Trinajstić information content (AvgIpc) is 3.53. The first kappa shape index (κ1) is 23.2. The van der Waals surface area contributed by atoms with Crippen LogP contribution in [0.1, 0.15) is 47.5 Å². The lowest BCUT2D eigenvalue weighted by Crippen LogP contribution is -2.67. The third-order valence-electron chi connectivity index (χ3n) is 7.43. The van der Waals surface area contributed by atoms with E-state index in [1.165, 1.54) is 10.4 Å². The lowest BCUT2D eigenvalue weighted by atomic mass is 9.87. The van der Waals surface area contributed by atoms with Crippen molar-refractivity contribution in [1.82, 2.24) is 0 Å². The molecule has 33 heavy (non-hydrogen) atoms. The molecule has 5 nitrogen and oxygen atoms in total. The molecule has 0 spiro atoms. The van der Waals surface area contributed by atoms with Crippen LogP contribution in [0.15, 0.2) is 60.7 Å². The molecule has 0 aromatic heterocycles. The Morgan fingerprint density at radius 2 is 1.48 bits per heavy atom. The zero-order chi connectivity index (χ0) is 23.5.